The topological polar surface area (TPSA) is 46.5 Å². The van der Waals surface area contributed by atoms with E-state index in [0.717, 1.165) is 6.08 Å². The number of rotatable bonds is 4. The minimum Gasteiger partial charge on any atom is -0.496 e. The molecule has 3 nitrogen and oxygen atoms in total. The average molecular weight is 272 g/mol. The molecular formula is C16H13FO3. The second-order valence-corrected chi connectivity index (χ2v) is 4.11. The molecule has 0 heterocycles. The quantitative estimate of drug-likeness (QED) is 0.868. The Morgan fingerprint density at radius 2 is 1.90 bits per heavy atom. The van der Waals surface area contributed by atoms with Gasteiger partial charge in [0, 0.05) is 11.6 Å². The van der Waals surface area contributed by atoms with Crippen LogP contribution in [0, 0.1) is 5.82 Å². The molecule has 20 heavy (non-hydrogen) atoms. The molecule has 2 aromatic carbocycles. The molecule has 0 bridgehead atoms. The zero-order valence-electron chi connectivity index (χ0n) is 10.8. The van der Waals surface area contributed by atoms with Crippen LogP contribution in [0.3, 0.4) is 0 Å². The van der Waals surface area contributed by atoms with E-state index in [4.69, 9.17) is 9.84 Å². The molecule has 0 amide bonds. The second-order valence-electron chi connectivity index (χ2n) is 4.11. The summed E-state index contributed by atoms with van der Waals surface area (Å²) < 4.78 is 18.7. The fraction of sp³-hybridized carbons (Fsp3) is 0.0625. The number of carbonyl (C=O) groups is 1. The first-order valence-electron chi connectivity index (χ1n) is 5.96. The van der Waals surface area contributed by atoms with Crippen molar-refractivity contribution in [1.82, 2.24) is 0 Å². The van der Waals surface area contributed by atoms with E-state index < -0.39 is 11.8 Å². The standard InChI is InChI=1S/C16H13FO3/c1-20-15-8-7-12(17)9-14(15)13(10-16(18)19)11-5-3-2-4-6-11/h2-10H,1H3,(H,18,19)/b13-10+. The monoisotopic (exact) mass is 272 g/mol. The molecule has 0 fully saturated rings. The second kappa shape index (κ2) is 6.02. The van der Waals surface area contributed by atoms with Gasteiger partial charge in [-0.05, 0) is 29.3 Å². The van der Waals surface area contributed by atoms with Gasteiger partial charge in [0.2, 0.25) is 0 Å². The van der Waals surface area contributed by atoms with Gasteiger partial charge in [0.15, 0.2) is 0 Å². The van der Waals surface area contributed by atoms with Crippen LogP contribution in [-0.2, 0) is 4.79 Å². The van der Waals surface area contributed by atoms with E-state index in [9.17, 15) is 9.18 Å². The van der Waals surface area contributed by atoms with Crippen molar-refractivity contribution in [2.75, 3.05) is 7.11 Å². The summed E-state index contributed by atoms with van der Waals surface area (Å²) in [4.78, 5) is 11.0. The molecule has 102 valence electrons. The van der Waals surface area contributed by atoms with E-state index in [-0.39, 0.29) is 0 Å². The maximum absolute atomic E-state index is 13.5. The Labute approximate surface area is 115 Å². The Balaban J connectivity index is 2.65. The molecule has 1 N–H and O–H groups in total. The number of halogens is 1. The average Bonchev–Trinajstić information content (AvgIpc) is 2.45. The molecular weight excluding hydrogens is 259 g/mol. The molecule has 0 aliphatic heterocycles. The Kier molecular flexibility index (Phi) is 4.15. The predicted molar refractivity (Wildman–Crippen MR) is 74.1 cm³/mol. The molecule has 0 aliphatic carbocycles. The number of benzene rings is 2. The SMILES string of the molecule is COc1ccc(F)cc1/C(=C/C(=O)O)c1ccccc1. The highest BCUT2D eigenvalue weighted by molar-refractivity contribution is 5.96. The normalized spacial score (nSPS) is 11.2. The van der Waals surface area contributed by atoms with Gasteiger partial charge < -0.3 is 9.84 Å². The molecule has 2 aromatic rings. The molecule has 0 saturated carbocycles. The summed E-state index contributed by atoms with van der Waals surface area (Å²) in [6.45, 7) is 0. The summed E-state index contributed by atoms with van der Waals surface area (Å²) >= 11 is 0. The number of hydrogen-bond acceptors (Lipinski definition) is 2. The smallest absolute Gasteiger partial charge is 0.328 e. The van der Waals surface area contributed by atoms with Gasteiger partial charge in [-0.15, -0.1) is 0 Å². The predicted octanol–water partition coefficient (Wildman–Crippen LogP) is 3.35. The summed E-state index contributed by atoms with van der Waals surface area (Å²) in [6.07, 6.45) is 1.05. The third-order valence-corrected chi connectivity index (χ3v) is 2.80. The summed E-state index contributed by atoms with van der Waals surface area (Å²) in [6, 6.07) is 12.9. The van der Waals surface area contributed by atoms with E-state index in [1.807, 2.05) is 6.07 Å². The van der Waals surface area contributed by atoms with Gasteiger partial charge in [-0.3, -0.25) is 0 Å². The maximum atomic E-state index is 13.5. The third-order valence-electron chi connectivity index (χ3n) is 2.80. The highest BCUT2D eigenvalue weighted by atomic mass is 19.1. The van der Waals surface area contributed by atoms with Crippen LogP contribution in [0.1, 0.15) is 11.1 Å². The highest BCUT2D eigenvalue weighted by Crippen LogP contribution is 2.31. The molecule has 4 heteroatoms. The lowest BCUT2D eigenvalue weighted by molar-refractivity contribution is -0.131. The number of aliphatic carboxylic acids is 1. The van der Waals surface area contributed by atoms with Crippen LogP contribution in [0.15, 0.2) is 54.6 Å². The van der Waals surface area contributed by atoms with Crippen LogP contribution in [-0.4, -0.2) is 18.2 Å². The minimum absolute atomic E-state index is 0.398. The van der Waals surface area contributed by atoms with E-state index in [1.165, 1.54) is 25.3 Å². The van der Waals surface area contributed by atoms with Crippen LogP contribution in [0.25, 0.3) is 5.57 Å². The lowest BCUT2D eigenvalue weighted by Crippen LogP contribution is -1.98. The van der Waals surface area contributed by atoms with E-state index in [2.05, 4.69) is 0 Å². The molecule has 0 aliphatic rings. The summed E-state index contributed by atoms with van der Waals surface area (Å²) in [5.74, 6) is -1.13. The van der Waals surface area contributed by atoms with Gasteiger partial charge in [0.25, 0.3) is 0 Å². The van der Waals surface area contributed by atoms with E-state index >= 15 is 0 Å². The van der Waals surface area contributed by atoms with Crippen molar-refractivity contribution in [2.45, 2.75) is 0 Å². The summed E-state index contributed by atoms with van der Waals surface area (Å²) in [5.41, 5.74) is 1.48. The Morgan fingerprint density at radius 3 is 2.50 bits per heavy atom. The van der Waals surface area contributed by atoms with Crippen LogP contribution < -0.4 is 4.74 Å². The van der Waals surface area contributed by atoms with Gasteiger partial charge in [-0.1, -0.05) is 30.3 Å². The lowest BCUT2D eigenvalue weighted by Gasteiger charge is -2.12. The Hall–Kier alpha value is -2.62. The van der Waals surface area contributed by atoms with Crippen molar-refractivity contribution in [3.8, 4) is 5.75 Å². The first-order valence-corrected chi connectivity index (χ1v) is 5.96. The van der Waals surface area contributed by atoms with Crippen LogP contribution >= 0.6 is 0 Å². The Morgan fingerprint density at radius 1 is 1.20 bits per heavy atom. The summed E-state index contributed by atoms with van der Waals surface area (Å²) in [7, 11) is 1.46. The Bertz CT molecular complexity index is 648. The molecule has 0 saturated heterocycles. The van der Waals surface area contributed by atoms with Gasteiger partial charge in [0.1, 0.15) is 11.6 Å². The number of hydrogen-bond donors (Lipinski definition) is 1. The van der Waals surface area contributed by atoms with Gasteiger partial charge in [0.05, 0.1) is 7.11 Å². The number of carboxylic acids is 1. The fourth-order valence-electron chi connectivity index (χ4n) is 1.95. The largest absolute Gasteiger partial charge is 0.496 e. The zero-order valence-corrected chi connectivity index (χ0v) is 10.8. The zero-order chi connectivity index (χ0) is 14.5. The molecule has 0 radical (unpaired) electrons. The first kappa shape index (κ1) is 13.8. The van der Waals surface area contributed by atoms with Crippen LogP contribution in [0.4, 0.5) is 4.39 Å². The van der Waals surface area contributed by atoms with Crippen molar-refractivity contribution in [3.63, 3.8) is 0 Å². The van der Waals surface area contributed by atoms with Gasteiger partial charge >= 0.3 is 5.97 Å². The molecule has 0 spiro atoms. The van der Waals surface area contributed by atoms with Crippen molar-refractivity contribution in [3.05, 3.63) is 71.6 Å². The third kappa shape index (κ3) is 3.03. The van der Waals surface area contributed by atoms with Crippen molar-refractivity contribution in [1.29, 1.82) is 0 Å². The van der Waals surface area contributed by atoms with Crippen molar-refractivity contribution in [2.24, 2.45) is 0 Å². The van der Waals surface area contributed by atoms with E-state index in [1.54, 1.807) is 24.3 Å². The van der Waals surface area contributed by atoms with E-state index in [0.29, 0.717) is 22.4 Å². The lowest BCUT2D eigenvalue weighted by atomic mass is 9.96. The van der Waals surface area contributed by atoms with Crippen molar-refractivity contribution < 1.29 is 19.0 Å². The number of carboxylic acid groups (broad SMARTS) is 1. The first-order chi connectivity index (χ1) is 9.61. The number of methoxy groups -OCH3 is 1. The van der Waals surface area contributed by atoms with Gasteiger partial charge in [-0.25, -0.2) is 9.18 Å². The van der Waals surface area contributed by atoms with Crippen molar-refractivity contribution >= 4 is 11.5 Å². The highest BCUT2D eigenvalue weighted by Gasteiger charge is 2.13. The summed E-state index contributed by atoms with van der Waals surface area (Å²) in [5, 5.41) is 9.03. The molecule has 2 rings (SSSR count). The van der Waals surface area contributed by atoms with Crippen LogP contribution in [0.5, 0.6) is 5.75 Å². The number of ether oxygens (including phenoxy) is 1. The molecule has 0 aromatic heterocycles. The van der Waals surface area contributed by atoms with Gasteiger partial charge in [-0.2, -0.15) is 0 Å². The fourth-order valence-corrected chi connectivity index (χ4v) is 1.95. The van der Waals surface area contributed by atoms with Crippen LogP contribution in [0.2, 0.25) is 0 Å². The molecule has 0 unspecified atom stereocenters. The molecule has 0 atom stereocenters. The maximum Gasteiger partial charge on any atom is 0.328 e. The minimum atomic E-state index is -1.10.